The van der Waals surface area contributed by atoms with E-state index < -0.39 is 28.5 Å². The highest BCUT2D eigenvalue weighted by Gasteiger charge is 2.46. The molecular weight excluding hydrogens is 282 g/mol. The molecule has 0 spiro atoms. The zero-order valence-corrected chi connectivity index (χ0v) is 9.39. The quantitative estimate of drug-likeness (QED) is 0.584. The molecule has 1 heterocycles. The Morgan fingerprint density at radius 1 is 1.81 bits per heavy atom. The van der Waals surface area contributed by atoms with Crippen molar-refractivity contribution >= 4 is 21.9 Å². The van der Waals surface area contributed by atoms with Crippen molar-refractivity contribution in [3.8, 4) is 6.07 Å². The lowest BCUT2D eigenvalue weighted by Crippen LogP contribution is -2.48. The summed E-state index contributed by atoms with van der Waals surface area (Å²) in [5, 5.41) is 30.8. The van der Waals surface area contributed by atoms with Crippen molar-refractivity contribution in [3.63, 3.8) is 0 Å². The van der Waals surface area contributed by atoms with Gasteiger partial charge in [-0.05, 0) is 15.9 Å². The van der Waals surface area contributed by atoms with Gasteiger partial charge in [-0.15, -0.1) is 0 Å². The molecule has 16 heavy (non-hydrogen) atoms. The van der Waals surface area contributed by atoms with E-state index in [0.29, 0.717) is 4.48 Å². The molecule has 2 N–H and O–H groups in total. The molecule has 0 bridgehead atoms. The fraction of sp³-hybridized carbons (Fsp3) is 0.250. The number of hydrogen-bond donors (Lipinski definition) is 2. The van der Waals surface area contributed by atoms with Crippen molar-refractivity contribution in [2.75, 3.05) is 0 Å². The summed E-state index contributed by atoms with van der Waals surface area (Å²) in [5.41, 5.74) is -2.32. The summed E-state index contributed by atoms with van der Waals surface area (Å²) >= 11 is 3.00. The maximum absolute atomic E-state index is 10.8. The molecule has 1 atom stereocenters. The first-order valence-corrected chi connectivity index (χ1v) is 4.83. The van der Waals surface area contributed by atoms with Crippen molar-refractivity contribution in [3.05, 3.63) is 32.6 Å². The molecule has 0 saturated carbocycles. The monoisotopic (exact) mass is 287 g/mol. The summed E-state index contributed by atoms with van der Waals surface area (Å²) in [5.74, 6) is -1.30. The fourth-order valence-electron chi connectivity index (χ4n) is 1.27. The second kappa shape index (κ2) is 4.32. The number of aliphatic carboxylic acids is 1. The van der Waals surface area contributed by atoms with Crippen LogP contribution in [0.3, 0.4) is 0 Å². The van der Waals surface area contributed by atoms with Crippen molar-refractivity contribution in [2.24, 2.45) is 0 Å². The molecule has 0 aliphatic carbocycles. The van der Waals surface area contributed by atoms with Gasteiger partial charge in [-0.1, -0.05) is 0 Å². The number of carboxylic acids is 1. The van der Waals surface area contributed by atoms with Gasteiger partial charge in [0.15, 0.2) is 0 Å². The minimum absolute atomic E-state index is 0.371. The Hall–Kier alpha value is -1.88. The molecular formula is C8H6BrN3O4. The van der Waals surface area contributed by atoms with E-state index in [1.165, 1.54) is 6.20 Å². The first kappa shape index (κ1) is 12.2. The van der Waals surface area contributed by atoms with E-state index in [1.54, 1.807) is 6.07 Å². The van der Waals surface area contributed by atoms with Crippen LogP contribution in [0.2, 0.25) is 0 Å². The maximum atomic E-state index is 10.8. The number of rotatable bonds is 3. The number of carbonyl (C=O) groups is 1. The standard InChI is InChI=1S/C8H6BrN3O4/c9-5-1-6(12(15)16)8(4-10,11-3-5)2-7(13)14/h1,3,11H,2H2,(H,13,14). The fourth-order valence-corrected chi connectivity index (χ4v) is 1.60. The van der Waals surface area contributed by atoms with Crippen LogP contribution in [0, 0.1) is 21.4 Å². The van der Waals surface area contributed by atoms with E-state index in [-0.39, 0.29) is 0 Å². The zero-order valence-electron chi connectivity index (χ0n) is 7.81. The molecule has 1 unspecified atom stereocenters. The molecule has 84 valence electrons. The SMILES string of the molecule is N#CC1(CC(=O)O)NC=C(Br)C=C1[N+](=O)[O-]. The highest BCUT2D eigenvalue weighted by Crippen LogP contribution is 2.28. The number of allylic oxidation sites excluding steroid dienone is 2. The molecule has 0 amide bonds. The second-order valence-corrected chi connectivity index (χ2v) is 3.96. The summed E-state index contributed by atoms with van der Waals surface area (Å²) in [7, 11) is 0. The van der Waals surface area contributed by atoms with Gasteiger partial charge in [0, 0.05) is 16.8 Å². The minimum Gasteiger partial charge on any atom is -0.481 e. The number of nitriles is 1. The third-order valence-corrected chi connectivity index (χ3v) is 2.43. The van der Waals surface area contributed by atoms with Crippen molar-refractivity contribution in [1.29, 1.82) is 5.26 Å². The van der Waals surface area contributed by atoms with Crippen LogP contribution in [0.4, 0.5) is 0 Å². The Bertz CT molecular complexity index is 451. The van der Waals surface area contributed by atoms with E-state index in [0.717, 1.165) is 6.08 Å². The molecule has 0 aromatic rings. The first-order chi connectivity index (χ1) is 7.41. The summed E-state index contributed by atoms with van der Waals surface area (Å²) in [4.78, 5) is 20.6. The van der Waals surface area contributed by atoms with E-state index in [2.05, 4.69) is 21.2 Å². The number of nitro groups is 1. The average molecular weight is 288 g/mol. The lowest BCUT2D eigenvalue weighted by Gasteiger charge is -2.24. The van der Waals surface area contributed by atoms with Gasteiger partial charge >= 0.3 is 5.97 Å². The molecule has 0 aromatic heterocycles. The van der Waals surface area contributed by atoms with Gasteiger partial charge in [-0.3, -0.25) is 14.9 Å². The summed E-state index contributed by atoms with van der Waals surface area (Å²) in [6, 6.07) is 1.63. The Morgan fingerprint density at radius 2 is 2.44 bits per heavy atom. The lowest BCUT2D eigenvalue weighted by atomic mass is 9.91. The van der Waals surface area contributed by atoms with Crippen molar-refractivity contribution in [2.45, 2.75) is 12.0 Å². The van der Waals surface area contributed by atoms with Crippen LogP contribution >= 0.6 is 15.9 Å². The van der Waals surface area contributed by atoms with Crippen LogP contribution in [0.5, 0.6) is 0 Å². The van der Waals surface area contributed by atoms with Gasteiger partial charge in [-0.2, -0.15) is 5.26 Å². The summed E-state index contributed by atoms with van der Waals surface area (Å²) in [6.45, 7) is 0. The predicted octanol–water partition coefficient (Wildman–Crippen LogP) is 0.724. The highest BCUT2D eigenvalue weighted by atomic mass is 79.9. The Kier molecular flexibility index (Phi) is 3.29. The summed E-state index contributed by atoms with van der Waals surface area (Å²) < 4.78 is 0.371. The molecule has 7 nitrogen and oxygen atoms in total. The van der Waals surface area contributed by atoms with E-state index in [9.17, 15) is 14.9 Å². The van der Waals surface area contributed by atoms with Crippen LogP contribution in [0.1, 0.15) is 6.42 Å². The van der Waals surface area contributed by atoms with Crippen molar-refractivity contribution < 1.29 is 14.8 Å². The Labute approximate surface area is 98.3 Å². The zero-order chi connectivity index (χ0) is 12.3. The average Bonchev–Trinajstić information content (AvgIpc) is 2.20. The number of nitrogens with one attached hydrogen (secondary N) is 1. The number of halogens is 1. The van der Waals surface area contributed by atoms with Crippen molar-refractivity contribution in [1.82, 2.24) is 5.32 Å². The predicted molar refractivity (Wildman–Crippen MR) is 55.8 cm³/mol. The Balaban J connectivity index is 3.22. The van der Waals surface area contributed by atoms with Crippen LogP contribution in [0.25, 0.3) is 0 Å². The first-order valence-electron chi connectivity index (χ1n) is 4.04. The molecule has 1 aliphatic heterocycles. The Morgan fingerprint density at radius 3 is 2.88 bits per heavy atom. The van der Waals surface area contributed by atoms with E-state index >= 15 is 0 Å². The van der Waals surface area contributed by atoms with Gasteiger partial charge in [-0.25, -0.2) is 0 Å². The molecule has 0 radical (unpaired) electrons. The number of nitrogens with zero attached hydrogens (tertiary/aromatic N) is 2. The smallest absolute Gasteiger partial charge is 0.307 e. The van der Waals surface area contributed by atoms with E-state index in [1.807, 2.05) is 0 Å². The number of dihydropyridines is 1. The van der Waals surface area contributed by atoms with Crippen LogP contribution in [-0.2, 0) is 4.79 Å². The third kappa shape index (κ3) is 2.20. The topological polar surface area (TPSA) is 116 Å². The minimum atomic E-state index is -1.83. The van der Waals surface area contributed by atoms with Gasteiger partial charge < -0.3 is 10.4 Å². The second-order valence-electron chi connectivity index (χ2n) is 3.05. The molecule has 0 fully saturated rings. The largest absolute Gasteiger partial charge is 0.481 e. The maximum Gasteiger partial charge on any atom is 0.307 e. The van der Waals surface area contributed by atoms with Gasteiger partial charge in [0.1, 0.15) is 6.07 Å². The molecule has 0 aromatic carbocycles. The molecule has 1 rings (SSSR count). The highest BCUT2D eigenvalue weighted by molar-refractivity contribution is 9.11. The lowest BCUT2D eigenvalue weighted by molar-refractivity contribution is -0.434. The third-order valence-electron chi connectivity index (χ3n) is 1.97. The number of carboxylic acid groups (broad SMARTS) is 1. The normalized spacial score (nSPS) is 23.5. The van der Waals surface area contributed by atoms with Gasteiger partial charge in [0.25, 0.3) is 5.70 Å². The summed E-state index contributed by atoms with van der Waals surface area (Å²) in [6.07, 6.45) is 1.73. The molecule has 8 heteroatoms. The molecule has 0 saturated heterocycles. The van der Waals surface area contributed by atoms with Gasteiger partial charge in [0.2, 0.25) is 5.54 Å². The van der Waals surface area contributed by atoms with Gasteiger partial charge in [0.05, 0.1) is 11.3 Å². The van der Waals surface area contributed by atoms with Crippen LogP contribution in [-0.4, -0.2) is 21.5 Å². The van der Waals surface area contributed by atoms with Crippen LogP contribution in [0.15, 0.2) is 22.5 Å². The van der Waals surface area contributed by atoms with Crippen LogP contribution < -0.4 is 5.32 Å². The van der Waals surface area contributed by atoms with E-state index in [4.69, 9.17) is 10.4 Å². The molecule has 1 aliphatic rings. The number of hydrogen-bond acceptors (Lipinski definition) is 5.